The van der Waals surface area contributed by atoms with Crippen molar-refractivity contribution in [2.75, 3.05) is 19.5 Å². The molecule has 0 spiro atoms. The fourth-order valence-electron chi connectivity index (χ4n) is 1.82. The lowest BCUT2D eigenvalue weighted by atomic mass is 10.2. The van der Waals surface area contributed by atoms with Crippen molar-refractivity contribution in [3.05, 3.63) is 34.4 Å². The van der Waals surface area contributed by atoms with Crippen molar-refractivity contribution in [3.8, 4) is 17.1 Å². The van der Waals surface area contributed by atoms with Crippen LogP contribution in [0.2, 0.25) is 0 Å². The maximum atomic E-state index is 5.92. The molecular formula is C15H18BrN3O2. The second-order valence-electron chi connectivity index (χ2n) is 4.50. The van der Waals surface area contributed by atoms with Crippen LogP contribution in [0, 0.1) is 0 Å². The van der Waals surface area contributed by atoms with Gasteiger partial charge < -0.3 is 15.2 Å². The van der Waals surface area contributed by atoms with Crippen molar-refractivity contribution in [2.45, 2.75) is 20.0 Å². The molecule has 0 aliphatic heterocycles. The van der Waals surface area contributed by atoms with E-state index in [1.54, 1.807) is 7.11 Å². The van der Waals surface area contributed by atoms with Crippen LogP contribution in [0.5, 0.6) is 5.75 Å². The molecule has 0 saturated heterocycles. The van der Waals surface area contributed by atoms with Gasteiger partial charge in [0.15, 0.2) is 5.82 Å². The molecule has 6 heteroatoms. The van der Waals surface area contributed by atoms with Gasteiger partial charge in [-0.15, -0.1) is 0 Å². The zero-order valence-electron chi connectivity index (χ0n) is 12.1. The molecule has 0 amide bonds. The van der Waals surface area contributed by atoms with E-state index in [0.29, 0.717) is 29.3 Å². The highest BCUT2D eigenvalue weighted by Crippen LogP contribution is 2.27. The van der Waals surface area contributed by atoms with Gasteiger partial charge in [-0.25, -0.2) is 9.97 Å². The molecule has 0 atom stereocenters. The maximum Gasteiger partial charge on any atom is 0.162 e. The standard InChI is InChI=1S/C15H18BrN3O2/c1-3-7-21-11-6-4-5-10(8-11)15-18-12(9-20-2)13(16)14(17)19-15/h4-6,8H,3,7,9H2,1-2H3,(H2,17,18,19). The van der Waals surface area contributed by atoms with Crippen LogP contribution in [0.1, 0.15) is 19.0 Å². The van der Waals surface area contributed by atoms with E-state index in [9.17, 15) is 0 Å². The van der Waals surface area contributed by atoms with Gasteiger partial charge in [-0.2, -0.15) is 0 Å². The number of nitrogen functional groups attached to an aromatic ring is 1. The fraction of sp³-hybridized carbons (Fsp3) is 0.333. The molecule has 2 N–H and O–H groups in total. The van der Waals surface area contributed by atoms with Crippen molar-refractivity contribution < 1.29 is 9.47 Å². The van der Waals surface area contributed by atoms with Gasteiger partial charge in [-0.3, -0.25) is 0 Å². The highest BCUT2D eigenvalue weighted by molar-refractivity contribution is 9.10. The summed E-state index contributed by atoms with van der Waals surface area (Å²) in [6.45, 7) is 3.12. The molecule has 0 unspecified atom stereocenters. The summed E-state index contributed by atoms with van der Waals surface area (Å²) in [6.07, 6.45) is 0.962. The number of nitrogens with two attached hydrogens (primary N) is 1. The Morgan fingerprint density at radius 1 is 1.29 bits per heavy atom. The number of aromatic nitrogens is 2. The Labute approximate surface area is 132 Å². The second-order valence-corrected chi connectivity index (χ2v) is 5.30. The van der Waals surface area contributed by atoms with Gasteiger partial charge in [0, 0.05) is 12.7 Å². The molecule has 1 aromatic heterocycles. The molecule has 21 heavy (non-hydrogen) atoms. The topological polar surface area (TPSA) is 70.3 Å². The SMILES string of the molecule is CCCOc1cccc(-c2nc(N)c(Br)c(COC)n2)c1. The Balaban J connectivity index is 2.37. The zero-order valence-corrected chi connectivity index (χ0v) is 13.7. The summed E-state index contributed by atoms with van der Waals surface area (Å²) >= 11 is 3.38. The summed E-state index contributed by atoms with van der Waals surface area (Å²) in [5, 5.41) is 0. The van der Waals surface area contributed by atoms with Crippen LogP contribution < -0.4 is 10.5 Å². The lowest BCUT2D eigenvalue weighted by molar-refractivity contribution is 0.181. The monoisotopic (exact) mass is 351 g/mol. The highest BCUT2D eigenvalue weighted by Gasteiger charge is 2.12. The van der Waals surface area contributed by atoms with Crippen molar-refractivity contribution in [1.29, 1.82) is 0 Å². The van der Waals surface area contributed by atoms with Gasteiger partial charge in [0.1, 0.15) is 11.6 Å². The Kier molecular flexibility index (Phi) is 5.52. The summed E-state index contributed by atoms with van der Waals surface area (Å²) < 4.78 is 11.4. The van der Waals surface area contributed by atoms with Crippen LogP contribution in [0.3, 0.4) is 0 Å². The number of hydrogen-bond donors (Lipinski definition) is 1. The Morgan fingerprint density at radius 3 is 2.81 bits per heavy atom. The van der Waals surface area contributed by atoms with E-state index in [1.807, 2.05) is 24.3 Å². The zero-order chi connectivity index (χ0) is 15.2. The van der Waals surface area contributed by atoms with Gasteiger partial charge in [0.2, 0.25) is 0 Å². The quantitative estimate of drug-likeness (QED) is 0.863. The van der Waals surface area contributed by atoms with E-state index in [2.05, 4.69) is 32.8 Å². The molecular weight excluding hydrogens is 334 g/mol. The van der Waals surface area contributed by atoms with Gasteiger partial charge >= 0.3 is 0 Å². The third-order valence-electron chi connectivity index (χ3n) is 2.79. The summed E-state index contributed by atoms with van der Waals surface area (Å²) in [7, 11) is 1.61. The lowest BCUT2D eigenvalue weighted by Gasteiger charge is -2.10. The van der Waals surface area contributed by atoms with E-state index >= 15 is 0 Å². The molecule has 2 rings (SSSR count). The Hall–Kier alpha value is -1.66. The van der Waals surface area contributed by atoms with E-state index < -0.39 is 0 Å². The normalized spacial score (nSPS) is 10.6. The first-order valence-electron chi connectivity index (χ1n) is 6.69. The molecule has 5 nitrogen and oxygen atoms in total. The third kappa shape index (κ3) is 3.92. The molecule has 0 fully saturated rings. The average Bonchev–Trinajstić information content (AvgIpc) is 2.50. The molecule has 0 aliphatic carbocycles. The number of hydrogen-bond acceptors (Lipinski definition) is 5. The minimum absolute atomic E-state index is 0.367. The Morgan fingerprint density at radius 2 is 2.10 bits per heavy atom. The van der Waals surface area contributed by atoms with Crippen molar-refractivity contribution in [2.24, 2.45) is 0 Å². The minimum Gasteiger partial charge on any atom is -0.494 e. The number of benzene rings is 1. The summed E-state index contributed by atoms with van der Waals surface area (Å²) in [5.74, 6) is 1.75. The molecule has 0 aliphatic rings. The predicted molar refractivity (Wildman–Crippen MR) is 86.1 cm³/mol. The van der Waals surface area contributed by atoms with Gasteiger partial charge in [-0.05, 0) is 34.5 Å². The highest BCUT2D eigenvalue weighted by atomic mass is 79.9. The molecule has 0 radical (unpaired) electrons. The first-order valence-corrected chi connectivity index (χ1v) is 7.49. The van der Waals surface area contributed by atoms with Gasteiger partial charge in [0.05, 0.1) is 23.4 Å². The van der Waals surface area contributed by atoms with E-state index in [4.69, 9.17) is 15.2 Å². The van der Waals surface area contributed by atoms with Crippen molar-refractivity contribution >= 4 is 21.7 Å². The van der Waals surface area contributed by atoms with Crippen LogP contribution in [0.15, 0.2) is 28.7 Å². The third-order valence-corrected chi connectivity index (χ3v) is 3.66. The summed E-state index contributed by atoms with van der Waals surface area (Å²) in [6, 6.07) is 7.67. The van der Waals surface area contributed by atoms with Crippen molar-refractivity contribution in [3.63, 3.8) is 0 Å². The molecule has 1 aromatic carbocycles. The number of ether oxygens (including phenoxy) is 2. The average molecular weight is 352 g/mol. The number of anilines is 1. The van der Waals surface area contributed by atoms with Crippen LogP contribution in [-0.4, -0.2) is 23.7 Å². The minimum atomic E-state index is 0.367. The largest absolute Gasteiger partial charge is 0.494 e. The van der Waals surface area contributed by atoms with Crippen molar-refractivity contribution in [1.82, 2.24) is 9.97 Å². The summed E-state index contributed by atoms with van der Waals surface area (Å²) in [5.41, 5.74) is 7.51. The van der Waals surface area contributed by atoms with Crippen LogP contribution >= 0.6 is 15.9 Å². The van der Waals surface area contributed by atoms with E-state index in [-0.39, 0.29) is 0 Å². The number of nitrogens with zero attached hydrogens (tertiary/aromatic N) is 2. The van der Waals surface area contributed by atoms with Gasteiger partial charge in [-0.1, -0.05) is 19.1 Å². The lowest BCUT2D eigenvalue weighted by Crippen LogP contribution is -2.04. The fourth-order valence-corrected chi connectivity index (χ4v) is 2.11. The number of methoxy groups -OCH3 is 1. The van der Waals surface area contributed by atoms with Crippen LogP contribution in [0.25, 0.3) is 11.4 Å². The van der Waals surface area contributed by atoms with E-state index in [0.717, 1.165) is 23.4 Å². The predicted octanol–water partition coefficient (Wildman–Crippen LogP) is 3.42. The number of rotatable bonds is 6. The van der Waals surface area contributed by atoms with E-state index in [1.165, 1.54) is 0 Å². The summed E-state index contributed by atoms with van der Waals surface area (Å²) in [4.78, 5) is 8.81. The van der Waals surface area contributed by atoms with Gasteiger partial charge in [0.25, 0.3) is 0 Å². The maximum absolute atomic E-state index is 5.92. The van der Waals surface area contributed by atoms with Crippen LogP contribution in [0.4, 0.5) is 5.82 Å². The molecule has 112 valence electrons. The first-order chi connectivity index (χ1) is 10.2. The van der Waals surface area contributed by atoms with Crippen LogP contribution in [-0.2, 0) is 11.3 Å². The molecule has 0 saturated carbocycles. The Bertz CT molecular complexity index is 620. The molecule has 0 bridgehead atoms. The number of halogens is 1. The molecule has 2 aromatic rings. The second kappa shape index (κ2) is 7.38. The first kappa shape index (κ1) is 15.7. The molecule has 1 heterocycles. The smallest absolute Gasteiger partial charge is 0.162 e.